The van der Waals surface area contributed by atoms with Gasteiger partial charge in [-0.05, 0) is 38.8 Å². The third kappa shape index (κ3) is 7.92. The third-order valence-corrected chi connectivity index (χ3v) is 2.51. The lowest BCUT2D eigenvalue weighted by Gasteiger charge is -2.19. The van der Waals surface area contributed by atoms with Crippen molar-refractivity contribution < 1.29 is 14.3 Å². The maximum atomic E-state index is 11.4. The van der Waals surface area contributed by atoms with Gasteiger partial charge < -0.3 is 10.1 Å². The predicted molar refractivity (Wildman–Crippen MR) is 84.1 cm³/mol. The van der Waals surface area contributed by atoms with Gasteiger partial charge in [0, 0.05) is 13.0 Å². The molecule has 1 amide bonds. The first-order chi connectivity index (χ1) is 9.76. The van der Waals surface area contributed by atoms with E-state index in [1.165, 1.54) is 0 Å². The lowest BCUT2D eigenvalue weighted by atomic mass is 10.1. The summed E-state index contributed by atoms with van der Waals surface area (Å²) in [5.41, 5.74) is 1.54. The molecule has 0 saturated heterocycles. The molecule has 1 aromatic rings. The highest BCUT2D eigenvalue weighted by Gasteiger charge is 2.14. The molecule has 0 heterocycles. The van der Waals surface area contributed by atoms with Crippen LogP contribution in [-0.2, 0) is 16.0 Å². The molecule has 0 bridgehead atoms. The normalized spacial score (nSPS) is 11.4. The van der Waals surface area contributed by atoms with E-state index in [1.807, 2.05) is 57.2 Å². The molecule has 1 rings (SSSR count). The van der Waals surface area contributed by atoms with Gasteiger partial charge >= 0.3 is 6.09 Å². The summed E-state index contributed by atoms with van der Waals surface area (Å²) in [4.78, 5) is 22.4. The number of nitrogens with one attached hydrogen (secondary N) is 1. The van der Waals surface area contributed by atoms with Gasteiger partial charge in [-0.15, -0.1) is 0 Å². The SMILES string of the molecule is CC(=O)Cc1ccc(C=CCNC(=O)OC(C)(C)C)cc1. The Bertz CT molecular complexity index is 510. The Balaban J connectivity index is 2.40. The van der Waals surface area contributed by atoms with Gasteiger partial charge in [-0.25, -0.2) is 4.79 Å². The number of ether oxygens (including phenoxy) is 1. The fraction of sp³-hybridized carbons (Fsp3) is 0.412. The standard InChI is InChI=1S/C17H23NO3/c1-13(19)12-15-9-7-14(8-10-15)6-5-11-18-16(20)21-17(2,3)4/h5-10H,11-12H2,1-4H3,(H,18,20). The Labute approximate surface area is 126 Å². The Hall–Kier alpha value is -2.10. The van der Waals surface area contributed by atoms with Crippen LogP contribution in [0.3, 0.4) is 0 Å². The van der Waals surface area contributed by atoms with Crippen LogP contribution in [0.2, 0.25) is 0 Å². The van der Waals surface area contributed by atoms with Crippen molar-refractivity contribution in [1.82, 2.24) is 5.32 Å². The number of carbonyl (C=O) groups excluding carboxylic acids is 2. The second-order valence-electron chi connectivity index (χ2n) is 5.91. The van der Waals surface area contributed by atoms with E-state index in [0.29, 0.717) is 13.0 Å². The zero-order valence-electron chi connectivity index (χ0n) is 13.1. The maximum Gasteiger partial charge on any atom is 0.407 e. The van der Waals surface area contributed by atoms with E-state index in [0.717, 1.165) is 11.1 Å². The van der Waals surface area contributed by atoms with Crippen molar-refractivity contribution in [3.8, 4) is 0 Å². The Kier molecular flexibility index (Phi) is 6.15. The van der Waals surface area contributed by atoms with Gasteiger partial charge in [0.2, 0.25) is 0 Å². The maximum absolute atomic E-state index is 11.4. The molecule has 1 N–H and O–H groups in total. The number of hydrogen-bond acceptors (Lipinski definition) is 3. The van der Waals surface area contributed by atoms with Crippen LogP contribution < -0.4 is 5.32 Å². The molecule has 0 aliphatic rings. The fourth-order valence-electron chi connectivity index (χ4n) is 1.69. The number of carbonyl (C=O) groups is 2. The molecular weight excluding hydrogens is 266 g/mol. The van der Waals surface area contributed by atoms with E-state index >= 15 is 0 Å². The van der Waals surface area contributed by atoms with Crippen LogP contribution in [0.15, 0.2) is 30.3 Å². The van der Waals surface area contributed by atoms with Crippen LogP contribution in [-0.4, -0.2) is 24.0 Å². The minimum Gasteiger partial charge on any atom is -0.444 e. The van der Waals surface area contributed by atoms with E-state index in [9.17, 15) is 9.59 Å². The van der Waals surface area contributed by atoms with Gasteiger partial charge in [-0.3, -0.25) is 4.79 Å². The number of benzene rings is 1. The number of hydrogen-bond donors (Lipinski definition) is 1. The van der Waals surface area contributed by atoms with E-state index < -0.39 is 11.7 Å². The molecule has 1 aromatic carbocycles. The van der Waals surface area contributed by atoms with Crippen molar-refractivity contribution in [3.63, 3.8) is 0 Å². The molecule has 0 spiro atoms. The average molecular weight is 289 g/mol. The van der Waals surface area contributed by atoms with Crippen LogP contribution in [0.1, 0.15) is 38.8 Å². The summed E-state index contributed by atoms with van der Waals surface area (Å²) >= 11 is 0. The predicted octanol–water partition coefficient (Wildman–Crippen LogP) is 3.36. The largest absolute Gasteiger partial charge is 0.444 e. The van der Waals surface area contributed by atoms with Crippen molar-refractivity contribution in [3.05, 3.63) is 41.5 Å². The Morgan fingerprint density at radius 3 is 2.33 bits per heavy atom. The summed E-state index contributed by atoms with van der Waals surface area (Å²) in [5.74, 6) is 0.153. The van der Waals surface area contributed by atoms with Crippen molar-refractivity contribution >= 4 is 18.0 Å². The molecule has 4 heteroatoms. The van der Waals surface area contributed by atoms with Crippen molar-refractivity contribution in [2.24, 2.45) is 0 Å². The lowest BCUT2D eigenvalue weighted by Crippen LogP contribution is -2.32. The summed E-state index contributed by atoms with van der Waals surface area (Å²) < 4.78 is 5.13. The van der Waals surface area contributed by atoms with E-state index in [1.54, 1.807) is 6.92 Å². The molecule has 0 fully saturated rings. The van der Waals surface area contributed by atoms with Crippen molar-refractivity contribution in [1.29, 1.82) is 0 Å². The van der Waals surface area contributed by atoms with Crippen LogP contribution >= 0.6 is 0 Å². The van der Waals surface area contributed by atoms with E-state index in [2.05, 4.69) is 5.32 Å². The first kappa shape index (κ1) is 17.0. The van der Waals surface area contributed by atoms with Crippen LogP contribution in [0, 0.1) is 0 Å². The minimum absolute atomic E-state index is 0.153. The molecule has 0 saturated carbocycles. The second kappa shape index (κ2) is 7.62. The van der Waals surface area contributed by atoms with Crippen molar-refractivity contribution in [2.45, 2.75) is 39.7 Å². The summed E-state index contributed by atoms with van der Waals surface area (Å²) in [6.45, 7) is 7.46. The lowest BCUT2D eigenvalue weighted by molar-refractivity contribution is -0.116. The number of rotatable bonds is 5. The van der Waals surface area contributed by atoms with Gasteiger partial charge in [0.05, 0.1) is 0 Å². The van der Waals surface area contributed by atoms with Crippen molar-refractivity contribution in [2.75, 3.05) is 6.54 Å². The first-order valence-electron chi connectivity index (χ1n) is 6.98. The molecule has 0 aromatic heterocycles. The van der Waals surface area contributed by atoms with Crippen LogP contribution in [0.25, 0.3) is 6.08 Å². The molecular formula is C17H23NO3. The van der Waals surface area contributed by atoms with E-state index in [4.69, 9.17) is 4.74 Å². The molecule has 114 valence electrons. The molecule has 0 unspecified atom stereocenters. The van der Waals surface area contributed by atoms with Crippen LogP contribution in [0.5, 0.6) is 0 Å². The highest BCUT2D eigenvalue weighted by molar-refractivity contribution is 5.78. The smallest absolute Gasteiger partial charge is 0.407 e. The van der Waals surface area contributed by atoms with Gasteiger partial charge in [-0.1, -0.05) is 36.4 Å². The quantitative estimate of drug-likeness (QED) is 0.904. The average Bonchev–Trinajstić information content (AvgIpc) is 2.34. The summed E-state index contributed by atoms with van der Waals surface area (Å²) in [6.07, 6.45) is 3.80. The topological polar surface area (TPSA) is 55.4 Å². The highest BCUT2D eigenvalue weighted by Crippen LogP contribution is 2.08. The number of alkyl carbamates (subject to hydrolysis) is 1. The Morgan fingerprint density at radius 2 is 1.81 bits per heavy atom. The van der Waals surface area contributed by atoms with Gasteiger partial charge in [-0.2, -0.15) is 0 Å². The van der Waals surface area contributed by atoms with Gasteiger partial charge in [0.15, 0.2) is 0 Å². The van der Waals surface area contributed by atoms with E-state index in [-0.39, 0.29) is 5.78 Å². The molecule has 0 aliphatic carbocycles. The first-order valence-corrected chi connectivity index (χ1v) is 6.98. The number of ketones is 1. The zero-order valence-corrected chi connectivity index (χ0v) is 13.1. The monoisotopic (exact) mass is 289 g/mol. The summed E-state index contributed by atoms with van der Waals surface area (Å²) in [6, 6.07) is 7.76. The second-order valence-corrected chi connectivity index (χ2v) is 5.91. The number of amides is 1. The molecule has 0 radical (unpaired) electrons. The molecule has 21 heavy (non-hydrogen) atoms. The third-order valence-electron chi connectivity index (χ3n) is 2.51. The van der Waals surface area contributed by atoms with Crippen LogP contribution in [0.4, 0.5) is 4.79 Å². The summed E-state index contributed by atoms with van der Waals surface area (Å²) in [7, 11) is 0. The molecule has 0 aliphatic heterocycles. The number of Topliss-reactive ketones (excluding diaryl/α,β-unsaturated/α-hetero) is 1. The zero-order chi connectivity index (χ0) is 15.9. The highest BCUT2D eigenvalue weighted by atomic mass is 16.6. The minimum atomic E-state index is -0.486. The fourth-order valence-corrected chi connectivity index (χ4v) is 1.69. The van der Waals surface area contributed by atoms with Gasteiger partial charge in [0.1, 0.15) is 11.4 Å². The molecule has 4 nitrogen and oxygen atoms in total. The summed E-state index contributed by atoms with van der Waals surface area (Å²) in [5, 5.41) is 2.65. The molecule has 0 atom stereocenters. The Morgan fingerprint density at radius 1 is 1.19 bits per heavy atom. The van der Waals surface area contributed by atoms with Gasteiger partial charge in [0.25, 0.3) is 0 Å².